The molecular weight excluding hydrogens is 578 g/mol. The van der Waals surface area contributed by atoms with Crippen LogP contribution in [0.3, 0.4) is 0 Å². The molecule has 0 saturated heterocycles. The lowest BCUT2D eigenvalue weighted by Gasteiger charge is -2.34. The van der Waals surface area contributed by atoms with Gasteiger partial charge in [0.05, 0.1) is 26.2 Å². The molecule has 42 heavy (non-hydrogen) atoms. The molecule has 226 valence electrons. The Morgan fingerprint density at radius 3 is 2.17 bits per heavy atom. The van der Waals surface area contributed by atoms with Crippen LogP contribution in [0, 0.1) is 5.92 Å². The van der Waals surface area contributed by atoms with Gasteiger partial charge in [0.25, 0.3) is 0 Å². The van der Waals surface area contributed by atoms with Crippen LogP contribution < -0.4 is 19.1 Å². The molecule has 9 nitrogen and oxygen atoms in total. The molecule has 0 saturated carbocycles. The van der Waals surface area contributed by atoms with E-state index in [0.29, 0.717) is 17.3 Å². The number of carbonyl (C=O) groups is 2. The van der Waals surface area contributed by atoms with E-state index in [-0.39, 0.29) is 36.2 Å². The summed E-state index contributed by atoms with van der Waals surface area (Å²) in [5, 5.41) is 3.49. The van der Waals surface area contributed by atoms with E-state index in [1.165, 1.54) is 25.2 Å². The minimum absolute atomic E-state index is 0.0555. The van der Waals surface area contributed by atoms with Gasteiger partial charge < -0.3 is 19.7 Å². The molecule has 3 aromatic carbocycles. The van der Waals surface area contributed by atoms with Crippen molar-refractivity contribution in [3.8, 4) is 11.5 Å². The number of halogens is 1. The van der Waals surface area contributed by atoms with Gasteiger partial charge in [-0.3, -0.25) is 13.9 Å². The summed E-state index contributed by atoms with van der Waals surface area (Å²) in [6.45, 7) is 3.88. The van der Waals surface area contributed by atoms with Crippen molar-refractivity contribution in [3.05, 3.63) is 88.9 Å². The maximum absolute atomic E-state index is 14.2. The topological polar surface area (TPSA) is 105 Å². The van der Waals surface area contributed by atoms with E-state index in [0.717, 1.165) is 21.7 Å². The second kappa shape index (κ2) is 14.9. The minimum atomic E-state index is -3.96. The molecule has 0 bridgehead atoms. The zero-order chi connectivity index (χ0) is 30.9. The van der Waals surface area contributed by atoms with E-state index in [1.54, 1.807) is 36.4 Å². The summed E-state index contributed by atoms with van der Waals surface area (Å²) in [6, 6.07) is 20.1. The number of benzene rings is 3. The summed E-state index contributed by atoms with van der Waals surface area (Å²) in [7, 11) is -1.07. The van der Waals surface area contributed by atoms with E-state index in [9.17, 15) is 18.0 Å². The Morgan fingerprint density at radius 1 is 0.929 bits per heavy atom. The molecule has 1 atom stereocenters. The molecule has 0 aliphatic carbocycles. The molecule has 3 rings (SSSR count). The highest BCUT2D eigenvalue weighted by Crippen LogP contribution is 2.34. The van der Waals surface area contributed by atoms with Gasteiger partial charge in [0.1, 0.15) is 24.1 Å². The van der Waals surface area contributed by atoms with Gasteiger partial charge in [0.15, 0.2) is 0 Å². The fourth-order valence-corrected chi connectivity index (χ4v) is 5.33. The zero-order valence-electron chi connectivity index (χ0n) is 24.5. The third kappa shape index (κ3) is 9.12. The maximum Gasteiger partial charge on any atom is 0.244 e. The molecule has 0 aromatic heterocycles. The summed E-state index contributed by atoms with van der Waals surface area (Å²) < 4.78 is 37.8. The quantitative estimate of drug-likeness (QED) is 0.286. The number of anilines is 1. The first-order valence-electron chi connectivity index (χ1n) is 13.5. The summed E-state index contributed by atoms with van der Waals surface area (Å²) in [5.41, 5.74) is 1.76. The molecule has 0 aliphatic heterocycles. The first-order valence-corrected chi connectivity index (χ1v) is 15.7. The lowest BCUT2D eigenvalue weighted by molar-refractivity contribution is -0.140. The van der Waals surface area contributed by atoms with Gasteiger partial charge in [0.2, 0.25) is 21.8 Å². The Balaban J connectivity index is 2.08. The van der Waals surface area contributed by atoms with Crippen LogP contribution in [0.15, 0.2) is 72.8 Å². The summed E-state index contributed by atoms with van der Waals surface area (Å²) in [5.74, 6) is -0.0245. The number of carbonyl (C=O) groups excluding carboxylic acids is 2. The highest BCUT2D eigenvalue weighted by molar-refractivity contribution is 7.92. The predicted molar refractivity (Wildman–Crippen MR) is 166 cm³/mol. The second-order valence-corrected chi connectivity index (χ2v) is 12.6. The Bertz CT molecular complexity index is 1450. The number of nitrogens with zero attached hydrogens (tertiary/aromatic N) is 2. The Morgan fingerprint density at radius 2 is 1.60 bits per heavy atom. The van der Waals surface area contributed by atoms with Crippen molar-refractivity contribution in [1.29, 1.82) is 0 Å². The van der Waals surface area contributed by atoms with Crippen molar-refractivity contribution in [2.24, 2.45) is 5.92 Å². The third-order valence-electron chi connectivity index (χ3n) is 6.56. The molecule has 0 fully saturated rings. The first kappa shape index (κ1) is 32.8. The fraction of sp³-hybridized carbons (Fsp3) is 0.355. The van der Waals surface area contributed by atoms with Gasteiger partial charge in [-0.15, -0.1) is 0 Å². The Kier molecular flexibility index (Phi) is 11.6. The molecule has 0 unspecified atom stereocenters. The normalized spacial score (nSPS) is 12.0. The SMILES string of the molecule is COc1ccc(N(CC(=O)N(Cc2ccc(Cl)cc2)[C@H](Cc2ccccc2)C(=O)NCC(C)C)S(C)(=O)=O)c(OC)c1. The molecule has 0 aliphatic rings. The smallest absolute Gasteiger partial charge is 0.244 e. The zero-order valence-corrected chi connectivity index (χ0v) is 26.1. The highest BCUT2D eigenvalue weighted by atomic mass is 35.5. The van der Waals surface area contributed by atoms with Crippen molar-refractivity contribution in [1.82, 2.24) is 10.2 Å². The monoisotopic (exact) mass is 615 g/mol. The van der Waals surface area contributed by atoms with Gasteiger partial charge in [-0.1, -0.05) is 67.9 Å². The third-order valence-corrected chi connectivity index (χ3v) is 7.94. The first-order chi connectivity index (χ1) is 19.9. The van der Waals surface area contributed by atoms with E-state index in [2.05, 4.69) is 5.32 Å². The van der Waals surface area contributed by atoms with Crippen LogP contribution >= 0.6 is 11.6 Å². The number of hydrogen-bond donors (Lipinski definition) is 1. The minimum Gasteiger partial charge on any atom is -0.497 e. The number of rotatable bonds is 14. The lowest BCUT2D eigenvalue weighted by Crippen LogP contribution is -2.53. The van der Waals surface area contributed by atoms with Crippen LogP contribution in [0.25, 0.3) is 0 Å². The maximum atomic E-state index is 14.2. The predicted octanol–water partition coefficient (Wildman–Crippen LogP) is 4.54. The van der Waals surface area contributed by atoms with Crippen LogP contribution in [-0.2, 0) is 32.6 Å². The van der Waals surface area contributed by atoms with E-state index >= 15 is 0 Å². The van der Waals surface area contributed by atoms with Crippen LogP contribution in [0.2, 0.25) is 5.02 Å². The van der Waals surface area contributed by atoms with Crippen molar-refractivity contribution < 1.29 is 27.5 Å². The average molecular weight is 616 g/mol. The van der Waals surface area contributed by atoms with Crippen molar-refractivity contribution in [3.63, 3.8) is 0 Å². The summed E-state index contributed by atoms with van der Waals surface area (Å²) in [4.78, 5) is 29.3. The summed E-state index contributed by atoms with van der Waals surface area (Å²) >= 11 is 6.10. The number of sulfonamides is 1. The average Bonchev–Trinajstić information content (AvgIpc) is 2.96. The molecule has 1 N–H and O–H groups in total. The van der Waals surface area contributed by atoms with E-state index < -0.39 is 28.5 Å². The van der Waals surface area contributed by atoms with E-state index in [1.807, 2.05) is 44.2 Å². The highest BCUT2D eigenvalue weighted by Gasteiger charge is 2.33. The Labute approximate surface area is 253 Å². The van der Waals surface area contributed by atoms with Crippen LogP contribution in [-0.4, -0.2) is 64.7 Å². The van der Waals surface area contributed by atoms with Gasteiger partial charge in [-0.2, -0.15) is 0 Å². The number of ether oxygens (including phenoxy) is 2. The number of amides is 2. The fourth-order valence-electron chi connectivity index (χ4n) is 4.35. The Hall–Kier alpha value is -3.76. The van der Waals surface area contributed by atoms with Crippen molar-refractivity contribution in [2.75, 3.05) is 37.9 Å². The van der Waals surface area contributed by atoms with Crippen LogP contribution in [0.5, 0.6) is 11.5 Å². The molecule has 0 spiro atoms. The molecule has 11 heteroatoms. The number of hydrogen-bond acceptors (Lipinski definition) is 6. The van der Waals surface area contributed by atoms with Gasteiger partial charge >= 0.3 is 0 Å². The lowest BCUT2D eigenvalue weighted by atomic mass is 10.0. The summed E-state index contributed by atoms with van der Waals surface area (Å²) in [6.07, 6.45) is 1.25. The largest absolute Gasteiger partial charge is 0.497 e. The van der Waals surface area contributed by atoms with Crippen molar-refractivity contribution in [2.45, 2.75) is 32.9 Å². The van der Waals surface area contributed by atoms with Gasteiger partial charge in [-0.05, 0) is 41.3 Å². The van der Waals surface area contributed by atoms with Crippen LogP contribution in [0.4, 0.5) is 5.69 Å². The number of nitrogens with one attached hydrogen (secondary N) is 1. The molecule has 0 heterocycles. The van der Waals surface area contributed by atoms with Gasteiger partial charge in [-0.25, -0.2) is 8.42 Å². The molecule has 3 aromatic rings. The standard InChI is InChI=1S/C31H38ClN3O6S/c1-22(2)19-33-31(37)28(17-23-9-7-6-8-10-23)34(20-24-11-13-25(32)14-12-24)30(36)21-35(42(5,38)39)27-16-15-26(40-3)18-29(27)41-4/h6-16,18,22,28H,17,19-21H2,1-5H3,(H,33,37)/t28-/m1/s1. The van der Waals surface area contributed by atoms with Gasteiger partial charge in [0, 0.05) is 30.6 Å². The molecular formula is C31H38ClN3O6S. The van der Waals surface area contributed by atoms with E-state index in [4.69, 9.17) is 21.1 Å². The molecule has 0 radical (unpaired) electrons. The van der Waals surface area contributed by atoms with Crippen molar-refractivity contribution >= 4 is 39.1 Å². The second-order valence-electron chi connectivity index (χ2n) is 10.3. The number of methoxy groups -OCH3 is 2. The molecule has 2 amide bonds. The van der Waals surface area contributed by atoms with Crippen LogP contribution in [0.1, 0.15) is 25.0 Å².